The molecule has 3 aromatic rings. The Hall–Kier alpha value is -2.95. The van der Waals surface area contributed by atoms with Crippen LogP contribution in [-0.2, 0) is 6.42 Å². The van der Waals surface area contributed by atoms with Gasteiger partial charge in [-0.2, -0.15) is 0 Å². The highest BCUT2D eigenvalue weighted by molar-refractivity contribution is 5.95. The van der Waals surface area contributed by atoms with Crippen LogP contribution in [0.4, 0.5) is 0 Å². The van der Waals surface area contributed by atoms with Crippen LogP contribution in [0.5, 0.6) is 0 Å². The second-order valence-electron chi connectivity index (χ2n) is 6.73. The molecule has 1 saturated heterocycles. The molecule has 1 amide bonds. The van der Waals surface area contributed by atoms with E-state index in [9.17, 15) is 4.79 Å². The largest absolute Gasteiger partial charge is 0.338 e. The zero-order valence-corrected chi connectivity index (χ0v) is 14.7. The van der Waals surface area contributed by atoms with Crippen molar-refractivity contribution in [2.75, 3.05) is 13.1 Å². The van der Waals surface area contributed by atoms with E-state index in [1.54, 1.807) is 6.20 Å². The molecule has 1 aliphatic rings. The van der Waals surface area contributed by atoms with Gasteiger partial charge in [-0.05, 0) is 36.5 Å². The third kappa shape index (κ3) is 3.52. The van der Waals surface area contributed by atoms with Gasteiger partial charge in [0.25, 0.3) is 5.91 Å². The fourth-order valence-electron chi connectivity index (χ4n) is 3.61. The van der Waals surface area contributed by atoms with Crippen molar-refractivity contribution in [1.29, 1.82) is 0 Å². The van der Waals surface area contributed by atoms with Crippen LogP contribution in [0.15, 0.2) is 67.0 Å². The number of piperidine rings is 1. The summed E-state index contributed by atoms with van der Waals surface area (Å²) in [6.07, 6.45) is 6.21. The van der Waals surface area contributed by atoms with Crippen molar-refractivity contribution in [3.8, 4) is 0 Å². The molecule has 5 heteroatoms. The Labute approximate surface area is 153 Å². The highest BCUT2D eigenvalue weighted by Crippen LogP contribution is 2.24. The SMILES string of the molecule is O=C(c1ccccc1Cc1ccccc1)N1CCC(n2ccnn2)CC1. The molecule has 0 unspecified atom stereocenters. The number of hydrogen-bond acceptors (Lipinski definition) is 3. The lowest BCUT2D eigenvalue weighted by Gasteiger charge is -2.32. The Bertz CT molecular complexity index is 853. The summed E-state index contributed by atoms with van der Waals surface area (Å²) in [6.45, 7) is 1.51. The Morgan fingerprint density at radius 2 is 1.73 bits per heavy atom. The predicted octanol–water partition coefficient (Wildman–Crippen LogP) is 3.35. The van der Waals surface area contributed by atoms with Crippen LogP contribution in [0.1, 0.15) is 40.4 Å². The molecule has 1 aliphatic heterocycles. The first kappa shape index (κ1) is 16.5. The summed E-state index contributed by atoms with van der Waals surface area (Å²) in [5, 5.41) is 7.98. The van der Waals surface area contributed by atoms with E-state index in [1.807, 2.05) is 52.2 Å². The molecule has 0 radical (unpaired) electrons. The molecule has 26 heavy (non-hydrogen) atoms. The maximum absolute atomic E-state index is 13.1. The van der Waals surface area contributed by atoms with Crippen molar-refractivity contribution in [2.24, 2.45) is 0 Å². The molecule has 2 heterocycles. The number of hydrogen-bond donors (Lipinski definition) is 0. The average Bonchev–Trinajstić information content (AvgIpc) is 3.24. The molecule has 0 N–H and O–H groups in total. The van der Waals surface area contributed by atoms with Crippen molar-refractivity contribution in [1.82, 2.24) is 19.9 Å². The van der Waals surface area contributed by atoms with Gasteiger partial charge in [0.15, 0.2) is 0 Å². The number of likely N-dealkylation sites (tertiary alicyclic amines) is 1. The van der Waals surface area contributed by atoms with E-state index < -0.39 is 0 Å². The summed E-state index contributed by atoms with van der Waals surface area (Å²) in [4.78, 5) is 15.1. The average molecular weight is 346 g/mol. The van der Waals surface area contributed by atoms with Crippen molar-refractivity contribution < 1.29 is 4.79 Å². The number of aromatic nitrogens is 3. The van der Waals surface area contributed by atoms with Crippen LogP contribution in [0, 0.1) is 0 Å². The molecule has 1 fully saturated rings. The van der Waals surface area contributed by atoms with Gasteiger partial charge in [0.05, 0.1) is 12.2 Å². The Kier molecular flexibility index (Phi) is 4.78. The fraction of sp³-hybridized carbons (Fsp3) is 0.286. The number of amides is 1. The van der Waals surface area contributed by atoms with E-state index in [4.69, 9.17) is 0 Å². The van der Waals surface area contributed by atoms with Crippen molar-refractivity contribution in [2.45, 2.75) is 25.3 Å². The van der Waals surface area contributed by atoms with Crippen LogP contribution in [0.25, 0.3) is 0 Å². The minimum atomic E-state index is 0.133. The number of carbonyl (C=O) groups is 1. The summed E-state index contributed by atoms with van der Waals surface area (Å²) in [5.74, 6) is 0.133. The first-order chi connectivity index (χ1) is 12.8. The minimum absolute atomic E-state index is 0.133. The highest BCUT2D eigenvalue weighted by Gasteiger charge is 2.26. The van der Waals surface area contributed by atoms with E-state index in [2.05, 4.69) is 28.5 Å². The number of rotatable bonds is 4. The van der Waals surface area contributed by atoms with E-state index in [0.29, 0.717) is 6.04 Å². The van der Waals surface area contributed by atoms with Gasteiger partial charge in [0.1, 0.15) is 0 Å². The van der Waals surface area contributed by atoms with E-state index in [-0.39, 0.29) is 5.91 Å². The molecule has 0 spiro atoms. The zero-order valence-electron chi connectivity index (χ0n) is 14.7. The maximum atomic E-state index is 13.1. The molecule has 5 nitrogen and oxygen atoms in total. The van der Waals surface area contributed by atoms with Crippen LogP contribution >= 0.6 is 0 Å². The van der Waals surface area contributed by atoms with Gasteiger partial charge in [0, 0.05) is 24.8 Å². The van der Waals surface area contributed by atoms with Gasteiger partial charge in [0.2, 0.25) is 0 Å². The standard InChI is InChI=1S/C21H22N4O/c26-21(24-13-10-19(11-14-24)25-15-12-22-23-25)20-9-5-4-8-18(20)16-17-6-2-1-3-7-17/h1-9,12,15,19H,10-11,13-14,16H2. The van der Waals surface area contributed by atoms with Crippen molar-refractivity contribution >= 4 is 5.91 Å². The summed E-state index contributed by atoms with van der Waals surface area (Å²) in [5.41, 5.74) is 3.12. The molecule has 1 aromatic heterocycles. The topological polar surface area (TPSA) is 51.0 Å². The Balaban J connectivity index is 1.47. The quantitative estimate of drug-likeness (QED) is 0.728. The summed E-state index contributed by atoms with van der Waals surface area (Å²) in [7, 11) is 0. The van der Waals surface area contributed by atoms with Gasteiger partial charge in [-0.25, -0.2) is 4.68 Å². The van der Waals surface area contributed by atoms with Crippen LogP contribution in [0.2, 0.25) is 0 Å². The number of nitrogens with zero attached hydrogens (tertiary/aromatic N) is 4. The minimum Gasteiger partial charge on any atom is -0.338 e. The third-order valence-electron chi connectivity index (χ3n) is 5.05. The second-order valence-corrected chi connectivity index (χ2v) is 6.73. The van der Waals surface area contributed by atoms with Gasteiger partial charge in [-0.3, -0.25) is 4.79 Å². The number of benzene rings is 2. The molecular formula is C21H22N4O. The first-order valence-corrected chi connectivity index (χ1v) is 9.08. The van der Waals surface area contributed by atoms with Gasteiger partial charge < -0.3 is 4.90 Å². The molecule has 4 rings (SSSR count). The van der Waals surface area contributed by atoms with Crippen molar-refractivity contribution in [3.05, 3.63) is 83.7 Å². The lowest BCUT2D eigenvalue weighted by Crippen LogP contribution is -2.39. The maximum Gasteiger partial charge on any atom is 0.254 e. The normalized spacial score (nSPS) is 15.2. The van der Waals surface area contributed by atoms with Crippen LogP contribution in [0.3, 0.4) is 0 Å². The second kappa shape index (κ2) is 7.52. The molecule has 0 saturated carbocycles. The van der Waals surface area contributed by atoms with Gasteiger partial charge in [-0.1, -0.05) is 53.7 Å². The number of carbonyl (C=O) groups excluding carboxylic acids is 1. The first-order valence-electron chi connectivity index (χ1n) is 9.08. The highest BCUT2D eigenvalue weighted by atomic mass is 16.2. The lowest BCUT2D eigenvalue weighted by atomic mass is 9.97. The molecule has 0 aliphatic carbocycles. The van der Waals surface area contributed by atoms with Crippen LogP contribution < -0.4 is 0 Å². The summed E-state index contributed by atoms with van der Waals surface area (Å²) in [6, 6.07) is 18.6. The Morgan fingerprint density at radius 1 is 1.00 bits per heavy atom. The summed E-state index contributed by atoms with van der Waals surface area (Å²) < 4.78 is 1.91. The molecular weight excluding hydrogens is 324 g/mol. The van der Waals surface area contributed by atoms with Gasteiger partial charge in [-0.15, -0.1) is 5.10 Å². The zero-order chi connectivity index (χ0) is 17.8. The fourth-order valence-corrected chi connectivity index (χ4v) is 3.61. The Morgan fingerprint density at radius 3 is 2.46 bits per heavy atom. The molecule has 2 aromatic carbocycles. The molecule has 0 bridgehead atoms. The van der Waals surface area contributed by atoms with Gasteiger partial charge >= 0.3 is 0 Å². The third-order valence-corrected chi connectivity index (χ3v) is 5.05. The predicted molar refractivity (Wildman–Crippen MR) is 99.9 cm³/mol. The van der Waals surface area contributed by atoms with E-state index in [0.717, 1.165) is 43.5 Å². The lowest BCUT2D eigenvalue weighted by molar-refractivity contribution is 0.0688. The summed E-state index contributed by atoms with van der Waals surface area (Å²) >= 11 is 0. The van der Waals surface area contributed by atoms with Crippen molar-refractivity contribution in [3.63, 3.8) is 0 Å². The van der Waals surface area contributed by atoms with E-state index >= 15 is 0 Å². The molecule has 132 valence electrons. The van der Waals surface area contributed by atoms with Crippen LogP contribution in [-0.4, -0.2) is 38.9 Å². The smallest absolute Gasteiger partial charge is 0.254 e. The monoisotopic (exact) mass is 346 g/mol. The van der Waals surface area contributed by atoms with E-state index in [1.165, 1.54) is 5.56 Å². The molecule has 0 atom stereocenters.